The largest absolute Gasteiger partial charge is 0.337 e. The molecule has 37 heavy (non-hydrogen) atoms. The van der Waals surface area contributed by atoms with Gasteiger partial charge in [-0.25, -0.2) is 9.59 Å². The topological polar surface area (TPSA) is 93.8 Å². The van der Waals surface area contributed by atoms with Gasteiger partial charge in [0.25, 0.3) is 0 Å². The first-order valence-electron chi connectivity index (χ1n) is 12.8. The number of carbonyl (C=O) groups excluding carboxylic acids is 3. The normalized spacial score (nSPS) is 16.4. The maximum Gasteiger partial charge on any atom is 0.319 e. The van der Waals surface area contributed by atoms with Crippen LogP contribution >= 0.6 is 0 Å². The van der Waals surface area contributed by atoms with Crippen molar-refractivity contribution in [3.05, 3.63) is 78.4 Å². The molecule has 2 unspecified atom stereocenters. The van der Waals surface area contributed by atoms with E-state index < -0.39 is 12.1 Å². The number of hydrogen-bond acceptors (Lipinski definition) is 3. The van der Waals surface area contributed by atoms with Crippen LogP contribution in [0.1, 0.15) is 26.3 Å². The van der Waals surface area contributed by atoms with Crippen molar-refractivity contribution < 1.29 is 14.4 Å². The summed E-state index contributed by atoms with van der Waals surface area (Å²) in [4.78, 5) is 42.8. The van der Waals surface area contributed by atoms with E-state index in [0.29, 0.717) is 31.7 Å². The van der Waals surface area contributed by atoms with Crippen molar-refractivity contribution in [1.82, 2.24) is 20.4 Å². The van der Waals surface area contributed by atoms with Gasteiger partial charge in [-0.3, -0.25) is 4.79 Å². The predicted octanol–water partition coefficient (Wildman–Crippen LogP) is 4.22. The van der Waals surface area contributed by atoms with Gasteiger partial charge in [0.15, 0.2) is 0 Å². The van der Waals surface area contributed by atoms with E-state index in [2.05, 4.69) is 16.0 Å². The van der Waals surface area contributed by atoms with Crippen molar-refractivity contribution in [2.24, 2.45) is 0 Å². The molecule has 0 aromatic heterocycles. The Bertz CT molecular complexity index is 1240. The monoisotopic (exact) mass is 501 g/mol. The molecule has 1 heterocycles. The Morgan fingerprint density at radius 3 is 2.32 bits per heavy atom. The number of hydrogen-bond donors (Lipinski definition) is 3. The summed E-state index contributed by atoms with van der Waals surface area (Å²) in [6.45, 7) is 7.03. The number of anilines is 1. The van der Waals surface area contributed by atoms with Crippen LogP contribution in [0.5, 0.6) is 0 Å². The minimum Gasteiger partial charge on any atom is -0.337 e. The molecule has 1 aliphatic heterocycles. The third-order valence-corrected chi connectivity index (χ3v) is 6.54. The molecule has 194 valence electrons. The molecular formula is C29H35N5O3. The number of rotatable bonds is 6. The van der Waals surface area contributed by atoms with Crippen LogP contribution < -0.4 is 16.0 Å². The van der Waals surface area contributed by atoms with Gasteiger partial charge in [0, 0.05) is 43.5 Å². The van der Waals surface area contributed by atoms with Gasteiger partial charge in [-0.1, -0.05) is 66.7 Å². The summed E-state index contributed by atoms with van der Waals surface area (Å²) in [6, 6.07) is 21.8. The zero-order chi connectivity index (χ0) is 26.4. The average Bonchev–Trinajstić information content (AvgIpc) is 2.88. The maximum absolute atomic E-state index is 13.7. The van der Waals surface area contributed by atoms with Gasteiger partial charge in [-0.05, 0) is 37.8 Å². The second kappa shape index (κ2) is 11.8. The van der Waals surface area contributed by atoms with E-state index in [1.165, 1.54) is 0 Å². The molecule has 0 saturated carbocycles. The number of nitrogens with zero attached hydrogens (tertiary/aromatic N) is 2. The van der Waals surface area contributed by atoms with E-state index in [4.69, 9.17) is 0 Å². The van der Waals surface area contributed by atoms with Crippen LogP contribution in [0.2, 0.25) is 0 Å². The first-order valence-corrected chi connectivity index (χ1v) is 12.8. The number of fused-ring (bicyclic) bond motifs is 1. The fraction of sp³-hybridized carbons (Fsp3) is 0.345. The summed E-state index contributed by atoms with van der Waals surface area (Å²) >= 11 is 0. The van der Waals surface area contributed by atoms with E-state index in [-0.39, 0.29) is 24.0 Å². The standard InChI is InChI=1S/C29H35N5O3/c1-20(2)30-29(37)34-17-16-33(19-21(34)3)27(35)26(18-22-10-5-4-6-11-22)32-28(36)31-25-15-9-13-23-12-7-8-14-24(23)25/h4-15,20-21,26H,16-19H2,1-3H3,(H,30,37)(H2,31,32,36). The molecule has 8 heteroatoms. The molecule has 0 aliphatic carbocycles. The highest BCUT2D eigenvalue weighted by molar-refractivity contribution is 6.02. The number of amides is 5. The summed E-state index contributed by atoms with van der Waals surface area (Å²) in [6.07, 6.45) is 0.366. The van der Waals surface area contributed by atoms with Crippen LogP contribution in [-0.4, -0.2) is 65.5 Å². The molecule has 5 amide bonds. The molecular weight excluding hydrogens is 466 g/mol. The first-order chi connectivity index (χ1) is 17.8. The zero-order valence-electron chi connectivity index (χ0n) is 21.6. The van der Waals surface area contributed by atoms with Crippen LogP contribution in [-0.2, 0) is 11.2 Å². The fourth-order valence-corrected chi connectivity index (χ4v) is 4.71. The lowest BCUT2D eigenvalue weighted by Gasteiger charge is -2.41. The Kier molecular flexibility index (Phi) is 8.28. The molecule has 3 N–H and O–H groups in total. The fourth-order valence-electron chi connectivity index (χ4n) is 4.71. The Hall–Kier alpha value is -4.07. The Balaban J connectivity index is 1.47. The van der Waals surface area contributed by atoms with Crippen molar-refractivity contribution >= 4 is 34.4 Å². The molecule has 1 fully saturated rings. The molecule has 3 aromatic carbocycles. The van der Waals surface area contributed by atoms with Gasteiger partial charge in [-0.2, -0.15) is 0 Å². The molecule has 3 aromatic rings. The maximum atomic E-state index is 13.7. The van der Waals surface area contributed by atoms with Crippen molar-refractivity contribution in [2.45, 2.75) is 45.3 Å². The van der Waals surface area contributed by atoms with Crippen LogP contribution in [0.4, 0.5) is 15.3 Å². The third-order valence-electron chi connectivity index (χ3n) is 6.54. The van der Waals surface area contributed by atoms with E-state index in [0.717, 1.165) is 16.3 Å². The molecule has 1 saturated heterocycles. The van der Waals surface area contributed by atoms with E-state index in [1.807, 2.05) is 93.6 Å². The minimum absolute atomic E-state index is 0.0408. The van der Waals surface area contributed by atoms with Gasteiger partial charge < -0.3 is 25.8 Å². The number of urea groups is 2. The third kappa shape index (κ3) is 6.58. The smallest absolute Gasteiger partial charge is 0.319 e. The van der Waals surface area contributed by atoms with Crippen molar-refractivity contribution in [3.63, 3.8) is 0 Å². The number of nitrogens with one attached hydrogen (secondary N) is 3. The van der Waals surface area contributed by atoms with Crippen LogP contribution in [0.3, 0.4) is 0 Å². The van der Waals surface area contributed by atoms with Gasteiger partial charge >= 0.3 is 12.1 Å². The minimum atomic E-state index is -0.749. The van der Waals surface area contributed by atoms with Crippen molar-refractivity contribution in [2.75, 3.05) is 25.0 Å². The van der Waals surface area contributed by atoms with Crippen LogP contribution in [0, 0.1) is 0 Å². The highest BCUT2D eigenvalue weighted by Crippen LogP contribution is 2.23. The van der Waals surface area contributed by atoms with Crippen molar-refractivity contribution in [1.29, 1.82) is 0 Å². The Labute approximate surface area is 218 Å². The molecule has 0 bridgehead atoms. The molecule has 0 spiro atoms. The van der Waals surface area contributed by atoms with Gasteiger partial charge in [-0.15, -0.1) is 0 Å². The van der Waals surface area contributed by atoms with Gasteiger partial charge in [0.2, 0.25) is 5.91 Å². The van der Waals surface area contributed by atoms with Gasteiger partial charge in [0.05, 0.1) is 5.69 Å². The molecule has 8 nitrogen and oxygen atoms in total. The second-order valence-electron chi connectivity index (χ2n) is 9.80. The lowest BCUT2D eigenvalue weighted by Crippen LogP contribution is -2.61. The van der Waals surface area contributed by atoms with E-state index in [1.54, 1.807) is 9.80 Å². The summed E-state index contributed by atoms with van der Waals surface area (Å²) in [7, 11) is 0. The van der Waals surface area contributed by atoms with Gasteiger partial charge in [0.1, 0.15) is 6.04 Å². The first kappa shape index (κ1) is 26.0. The SMILES string of the molecule is CC(C)NC(=O)N1CCN(C(=O)C(Cc2ccccc2)NC(=O)Nc2cccc3ccccc23)CC1C. The average molecular weight is 502 g/mol. The summed E-state index contributed by atoms with van der Waals surface area (Å²) in [5, 5.41) is 10.7. The molecule has 4 rings (SSSR count). The summed E-state index contributed by atoms with van der Waals surface area (Å²) in [5.41, 5.74) is 1.63. The quantitative estimate of drug-likeness (QED) is 0.472. The lowest BCUT2D eigenvalue weighted by atomic mass is 10.0. The predicted molar refractivity (Wildman–Crippen MR) is 146 cm³/mol. The van der Waals surface area contributed by atoms with Crippen LogP contribution in [0.25, 0.3) is 10.8 Å². The zero-order valence-corrected chi connectivity index (χ0v) is 21.6. The van der Waals surface area contributed by atoms with E-state index >= 15 is 0 Å². The van der Waals surface area contributed by atoms with Crippen molar-refractivity contribution in [3.8, 4) is 0 Å². The molecule has 0 radical (unpaired) electrons. The summed E-state index contributed by atoms with van der Waals surface area (Å²) in [5.74, 6) is -0.160. The highest BCUT2D eigenvalue weighted by Gasteiger charge is 2.33. The van der Waals surface area contributed by atoms with E-state index in [9.17, 15) is 14.4 Å². The Morgan fingerprint density at radius 2 is 1.59 bits per heavy atom. The molecule has 1 aliphatic rings. The number of benzene rings is 3. The number of carbonyl (C=O) groups is 3. The highest BCUT2D eigenvalue weighted by atomic mass is 16.2. The summed E-state index contributed by atoms with van der Waals surface area (Å²) < 4.78 is 0. The second-order valence-corrected chi connectivity index (χ2v) is 9.80. The van der Waals surface area contributed by atoms with Crippen LogP contribution in [0.15, 0.2) is 72.8 Å². The molecule has 2 atom stereocenters. The Morgan fingerprint density at radius 1 is 0.892 bits per heavy atom. The lowest BCUT2D eigenvalue weighted by molar-refractivity contribution is -0.135. The number of piperazine rings is 1.